The summed E-state index contributed by atoms with van der Waals surface area (Å²) >= 11 is 0. The molecule has 0 saturated carbocycles. The molecule has 0 aliphatic carbocycles. The van der Waals surface area contributed by atoms with Gasteiger partial charge in [-0.3, -0.25) is 0 Å². The highest BCUT2D eigenvalue weighted by Crippen LogP contribution is 2.29. The first-order chi connectivity index (χ1) is 11.0. The molecule has 4 atom stereocenters. The Balaban J connectivity index is 2.00. The summed E-state index contributed by atoms with van der Waals surface area (Å²) in [6, 6.07) is 6.49. The number of aliphatic hydroxyl groups excluding tert-OH is 1. The molecule has 5 nitrogen and oxygen atoms in total. The standard InChI is InChI=1S/C18H30N2O3/c1-12-11-20(3)13(2)8-16(12)19-10-17(21)15-9-14(22-4)6-7-18(15)23-5/h6-7,9,12-13,16-17,19,21H,8,10-11H2,1-5H3. The zero-order valence-electron chi connectivity index (χ0n) is 14.9. The maximum atomic E-state index is 10.6. The van der Waals surface area contributed by atoms with Crippen molar-refractivity contribution in [1.29, 1.82) is 0 Å². The monoisotopic (exact) mass is 322 g/mol. The van der Waals surface area contributed by atoms with Crippen LogP contribution in [-0.2, 0) is 0 Å². The number of likely N-dealkylation sites (tertiary alicyclic amines) is 1. The molecule has 5 heteroatoms. The van der Waals surface area contributed by atoms with Gasteiger partial charge in [0.25, 0.3) is 0 Å². The fraction of sp³-hybridized carbons (Fsp3) is 0.667. The van der Waals surface area contributed by atoms with Crippen LogP contribution in [0.5, 0.6) is 11.5 Å². The van der Waals surface area contributed by atoms with Gasteiger partial charge in [0.1, 0.15) is 11.5 Å². The molecular weight excluding hydrogens is 292 g/mol. The van der Waals surface area contributed by atoms with E-state index >= 15 is 0 Å². The maximum Gasteiger partial charge on any atom is 0.124 e. The predicted octanol–water partition coefficient (Wildman–Crippen LogP) is 2.06. The van der Waals surface area contributed by atoms with E-state index in [2.05, 4.69) is 31.1 Å². The Kier molecular flexibility index (Phi) is 6.27. The normalized spacial score (nSPS) is 26.8. The number of hydrogen-bond acceptors (Lipinski definition) is 5. The Bertz CT molecular complexity index is 509. The van der Waals surface area contributed by atoms with Crippen molar-refractivity contribution in [2.75, 3.05) is 34.4 Å². The minimum absolute atomic E-state index is 0.424. The van der Waals surface area contributed by atoms with Gasteiger partial charge >= 0.3 is 0 Å². The molecule has 0 radical (unpaired) electrons. The topological polar surface area (TPSA) is 54.0 Å². The number of rotatable bonds is 6. The summed E-state index contributed by atoms with van der Waals surface area (Å²) in [6.45, 7) is 6.10. The van der Waals surface area contributed by atoms with Crippen LogP contribution in [0.4, 0.5) is 0 Å². The van der Waals surface area contributed by atoms with Gasteiger partial charge in [-0.15, -0.1) is 0 Å². The lowest BCUT2D eigenvalue weighted by molar-refractivity contribution is 0.105. The number of nitrogens with one attached hydrogen (secondary N) is 1. The number of hydrogen-bond donors (Lipinski definition) is 2. The lowest BCUT2D eigenvalue weighted by Crippen LogP contribution is -2.51. The van der Waals surface area contributed by atoms with Gasteiger partial charge in [-0.25, -0.2) is 0 Å². The van der Waals surface area contributed by atoms with Crippen molar-refractivity contribution in [2.45, 2.75) is 38.5 Å². The van der Waals surface area contributed by atoms with Crippen LogP contribution < -0.4 is 14.8 Å². The average Bonchev–Trinajstić information content (AvgIpc) is 2.56. The molecule has 2 rings (SSSR count). The minimum atomic E-state index is -0.623. The summed E-state index contributed by atoms with van der Waals surface area (Å²) < 4.78 is 10.6. The molecule has 1 aromatic carbocycles. The maximum absolute atomic E-state index is 10.6. The van der Waals surface area contributed by atoms with Crippen molar-refractivity contribution >= 4 is 0 Å². The molecule has 2 N–H and O–H groups in total. The van der Waals surface area contributed by atoms with Crippen molar-refractivity contribution in [2.24, 2.45) is 5.92 Å². The van der Waals surface area contributed by atoms with E-state index in [-0.39, 0.29) is 0 Å². The fourth-order valence-corrected chi connectivity index (χ4v) is 3.30. The van der Waals surface area contributed by atoms with Crippen LogP contribution in [0.15, 0.2) is 18.2 Å². The summed E-state index contributed by atoms with van der Waals surface area (Å²) in [5, 5.41) is 14.1. The third-order valence-corrected chi connectivity index (χ3v) is 4.98. The van der Waals surface area contributed by atoms with Crippen LogP contribution in [-0.4, -0.2) is 56.4 Å². The van der Waals surface area contributed by atoms with Crippen LogP contribution in [0.3, 0.4) is 0 Å². The summed E-state index contributed by atoms with van der Waals surface area (Å²) in [5.41, 5.74) is 0.757. The van der Waals surface area contributed by atoms with Gasteiger partial charge in [-0.1, -0.05) is 6.92 Å². The first kappa shape index (κ1) is 18.0. The number of ether oxygens (including phenoxy) is 2. The van der Waals surface area contributed by atoms with Gasteiger partial charge in [0.05, 0.1) is 20.3 Å². The molecule has 0 amide bonds. The Morgan fingerprint density at radius 2 is 2.04 bits per heavy atom. The van der Waals surface area contributed by atoms with E-state index in [9.17, 15) is 5.11 Å². The quantitative estimate of drug-likeness (QED) is 0.839. The molecule has 23 heavy (non-hydrogen) atoms. The highest BCUT2D eigenvalue weighted by atomic mass is 16.5. The van der Waals surface area contributed by atoms with Crippen molar-refractivity contribution in [3.05, 3.63) is 23.8 Å². The van der Waals surface area contributed by atoms with Gasteiger partial charge < -0.3 is 24.8 Å². The second-order valence-electron chi connectivity index (χ2n) is 6.64. The molecule has 1 aromatic rings. The van der Waals surface area contributed by atoms with Crippen LogP contribution in [0.25, 0.3) is 0 Å². The predicted molar refractivity (Wildman–Crippen MR) is 92.2 cm³/mol. The molecule has 1 heterocycles. The third-order valence-electron chi connectivity index (χ3n) is 4.98. The van der Waals surface area contributed by atoms with Gasteiger partial charge in [0, 0.05) is 30.7 Å². The summed E-state index contributed by atoms with van der Waals surface area (Å²) in [4.78, 5) is 2.39. The number of benzene rings is 1. The van der Waals surface area contributed by atoms with Gasteiger partial charge in [0.2, 0.25) is 0 Å². The summed E-state index contributed by atoms with van der Waals surface area (Å²) in [7, 11) is 5.41. The number of piperidine rings is 1. The van der Waals surface area contributed by atoms with Crippen LogP contribution in [0.2, 0.25) is 0 Å². The number of aliphatic hydroxyl groups is 1. The number of nitrogens with zero attached hydrogens (tertiary/aromatic N) is 1. The van der Waals surface area contributed by atoms with Crippen molar-refractivity contribution < 1.29 is 14.6 Å². The second-order valence-corrected chi connectivity index (χ2v) is 6.64. The van der Waals surface area contributed by atoms with E-state index in [1.165, 1.54) is 0 Å². The van der Waals surface area contributed by atoms with Crippen LogP contribution >= 0.6 is 0 Å². The summed E-state index contributed by atoms with van der Waals surface area (Å²) in [5.74, 6) is 1.97. The molecule has 1 fully saturated rings. The molecule has 0 spiro atoms. The lowest BCUT2D eigenvalue weighted by Gasteiger charge is -2.40. The SMILES string of the molecule is COc1ccc(OC)c(C(O)CNC2CC(C)N(C)CC2C)c1. The number of methoxy groups -OCH3 is 2. The fourth-order valence-electron chi connectivity index (χ4n) is 3.30. The van der Waals surface area contributed by atoms with E-state index in [1.54, 1.807) is 14.2 Å². The molecule has 0 bridgehead atoms. The molecule has 130 valence electrons. The van der Waals surface area contributed by atoms with Crippen LogP contribution in [0.1, 0.15) is 31.9 Å². The van der Waals surface area contributed by atoms with Crippen molar-refractivity contribution in [3.8, 4) is 11.5 Å². The van der Waals surface area contributed by atoms with E-state index in [0.29, 0.717) is 30.3 Å². The first-order valence-electron chi connectivity index (χ1n) is 8.29. The Labute approximate surface area is 139 Å². The third kappa shape index (κ3) is 4.37. The second kappa shape index (κ2) is 7.99. The smallest absolute Gasteiger partial charge is 0.124 e. The van der Waals surface area contributed by atoms with E-state index in [0.717, 1.165) is 24.3 Å². The first-order valence-corrected chi connectivity index (χ1v) is 8.29. The molecular formula is C18H30N2O3. The largest absolute Gasteiger partial charge is 0.497 e. The Hall–Kier alpha value is -1.30. The average molecular weight is 322 g/mol. The zero-order chi connectivity index (χ0) is 17.0. The van der Waals surface area contributed by atoms with E-state index < -0.39 is 6.10 Å². The highest BCUT2D eigenvalue weighted by Gasteiger charge is 2.29. The summed E-state index contributed by atoms with van der Waals surface area (Å²) in [6.07, 6.45) is 0.474. The Morgan fingerprint density at radius 1 is 1.30 bits per heavy atom. The molecule has 1 aliphatic heterocycles. The lowest BCUT2D eigenvalue weighted by atomic mass is 9.89. The van der Waals surface area contributed by atoms with Gasteiger partial charge in [0.15, 0.2) is 0 Å². The minimum Gasteiger partial charge on any atom is -0.497 e. The highest BCUT2D eigenvalue weighted by molar-refractivity contribution is 5.41. The van der Waals surface area contributed by atoms with Gasteiger partial charge in [-0.05, 0) is 44.5 Å². The van der Waals surface area contributed by atoms with Crippen molar-refractivity contribution in [1.82, 2.24) is 10.2 Å². The van der Waals surface area contributed by atoms with Crippen molar-refractivity contribution in [3.63, 3.8) is 0 Å². The molecule has 1 saturated heterocycles. The molecule has 0 aromatic heterocycles. The van der Waals surface area contributed by atoms with Gasteiger partial charge in [-0.2, -0.15) is 0 Å². The van der Waals surface area contributed by atoms with E-state index in [1.807, 2.05) is 18.2 Å². The molecule has 1 aliphatic rings. The molecule has 4 unspecified atom stereocenters. The Morgan fingerprint density at radius 3 is 2.70 bits per heavy atom. The van der Waals surface area contributed by atoms with Crippen LogP contribution in [0, 0.1) is 5.92 Å². The van der Waals surface area contributed by atoms with E-state index in [4.69, 9.17) is 9.47 Å². The zero-order valence-corrected chi connectivity index (χ0v) is 14.9.